The number of hydrogen-bond acceptors (Lipinski definition) is 6. The number of halogens is 1. The van der Waals surface area contributed by atoms with Crippen LogP contribution >= 0.6 is 0 Å². The molecule has 0 radical (unpaired) electrons. The van der Waals surface area contributed by atoms with Gasteiger partial charge in [0.05, 0.1) is 28.1 Å². The molecule has 2 aromatic heterocycles. The van der Waals surface area contributed by atoms with Crippen LogP contribution < -0.4 is 15.6 Å². The van der Waals surface area contributed by atoms with Gasteiger partial charge in [-0.2, -0.15) is 5.96 Å². The van der Waals surface area contributed by atoms with Crippen LogP contribution in [0.1, 0.15) is 58.6 Å². The number of rotatable bonds is 10. The van der Waals surface area contributed by atoms with E-state index in [1.165, 1.54) is 0 Å². The van der Waals surface area contributed by atoms with Crippen LogP contribution in [0.25, 0.3) is 55.8 Å². The lowest BCUT2D eigenvalue weighted by atomic mass is 9.96. The predicted octanol–water partition coefficient (Wildman–Crippen LogP) is 16.4. The van der Waals surface area contributed by atoms with Gasteiger partial charge in [-0.05, 0) is 110 Å². The molecule has 70 heavy (non-hydrogen) atoms. The highest BCUT2D eigenvalue weighted by Gasteiger charge is 2.24. The first-order chi connectivity index (χ1) is 34.6. The van der Waals surface area contributed by atoms with Gasteiger partial charge in [0.1, 0.15) is 18.0 Å². The van der Waals surface area contributed by atoms with Gasteiger partial charge in [0, 0.05) is 39.0 Å². The van der Waals surface area contributed by atoms with Crippen LogP contribution in [-0.4, -0.2) is 26.9 Å². The van der Waals surface area contributed by atoms with E-state index in [1.807, 2.05) is 89.2 Å². The lowest BCUT2D eigenvalue weighted by Gasteiger charge is -2.27. The minimum Gasteiger partial charge on any atom is -0.485 e. The number of aromatic nitrogens is 3. The van der Waals surface area contributed by atoms with E-state index in [0.717, 1.165) is 114 Å². The Morgan fingerprint density at radius 1 is 0.729 bits per heavy atom. The summed E-state index contributed by atoms with van der Waals surface area (Å²) in [6.07, 6.45) is 29.6. The maximum absolute atomic E-state index is 9.00. The Hall–Kier alpha value is -8.20. The van der Waals surface area contributed by atoms with Crippen molar-refractivity contribution in [3.63, 3.8) is 0 Å². The molecule has 0 amide bonds. The molecule has 2 N–H and O–H groups in total. The van der Waals surface area contributed by atoms with Crippen molar-refractivity contribution in [3.05, 3.63) is 235 Å². The van der Waals surface area contributed by atoms with Gasteiger partial charge in [-0.1, -0.05) is 174 Å². The summed E-state index contributed by atoms with van der Waals surface area (Å²) in [5, 5.41) is 2.11. The maximum Gasteiger partial charge on any atom is 0.235 e. The largest absolute Gasteiger partial charge is 0.485 e. The SMILES string of the molecule is C=C/C=C(\C=C/C)C1=Nc2cc3c(cc2OC1)c1cc(C2=CCC=C(N(C4=CC=CCC=C4)c4ccccc4)C=C2)c(C)cc1n3-c1nc(-c2ccccc2)cc(-c2ccccc2)n1.CC.CC.NF. The summed E-state index contributed by atoms with van der Waals surface area (Å²) in [6, 6.07) is 42.2. The fraction of sp³-hybridized carbons (Fsp3) is 0.145. The fourth-order valence-corrected chi connectivity index (χ4v) is 8.71. The molecule has 3 aliphatic rings. The Bertz CT molecular complexity index is 3180. The number of aryl methyl sites for hydroxylation is 1. The molecule has 1 aliphatic heterocycles. The number of aliphatic imine (C=N–C) groups is 1. The van der Waals surface area contributed by atoms with Crippen molar-refractivity contribution in [2.45, 2.75) is 54.4 Å². The highest BCUT2D eigenvalue weighted by atomic mass is 19.2. The van der Waals surface area contributed by atoms with Crippen LogP contribution in [0, 0.1) is 6.92 Å². The zero-order valence-electron chi connectivity index (χ0n) is 41.0. The van der Waals surface area contributed by atoms with E-state index in [9.17, 15) is 0 Å². The highest BCUT2D eigenvalue weighted by molar-refractivity contribution is 6.13. The average molecular weight is 925 g/mol. The van der Waals surface area contributed by atoms with Crippen molar-refractivity contribution in [3.8, 4) is 34.2 Å². The molecule has 0 atom stereocenters. The highest BCUT2D eigenvalue weighted by Crippen LogP contribution is 2.43. The lowest BCUT2D eigenvalue weighted by Crippen LogP contribution is -2.19. The number of anilines is 1. The van der Waals surface area contributed by atoms with Gasteiger partial charge in [-0.3, -0.25) is 4.57 Å². The smallest absolute Gasteiger partial charge is 0.235 e. The standard InChI is InChI=1S/C58H47N5O.2C2H6.FH2N/c1-4-20-42(21-5-2)54-39-64-57-36-50-49-35-48(41-26-19-31-47(33-32-41)62(46-29-17-10-18-30-46)45-27-15-6-7-16-28-45)40(3)34-55(49)63(56(50)38-53(57)59-54)58-60-51(43-22-11-8-12-23-43)37-52(61-58)44-24-13-9-14-25-44;3*1-2/h4-6,8-18,20-38H,1,7,19,39H2,2-3H3;2*1-2H3;2H2/b21-5-,42-20+;;;. The number of para-hydroxylation sites is 1. The molecule has 10 rings (SSSR count). The van der Waals surface area contributed by atoms with Crippen molar-refractivity contribution in [2.24, 2.45) is 10.9 Å². The van der Waals surface area contributed by atoms with E-state index >= 15 is 0 Å². The van der Waals surface area contributed by atoms with Crippen LogP contribution in [0.4, 0.5) is 15.9 Å². The molecular weight excluding hydrogens is 864 g/mol. The third-order valence-electron chi connectivity index (χ3n) is 11.7. The number of benzene rings is 5. The number of fused-ring (bicyclic) bond motifs is 4. The van der Waals surface area contributed by atoms with E-state index < -0.39 is 0 Å². The molecule has 0 spiro atoms. The summed E-state index contributed by atoms with van der Waals surface area (Å²) in [5.74, 6) is 4.31. The molecule has 5 aromatic carbocycles. The number of ether oxygens (including phenoxy) is 1. The topological polar surface area (TPSA) is 81.6 Å². The Morgan fingerprint density at radius 2 is 1.37 bits per heavy atom. The third kappa shape index (κ3) is 10.7. The summed E-state index contributed by atoms with van der Waals surface area (Å²) in [7, 11) is 0. The molecule has 0 unspecified atom stereocenters. The molecule has 7 nitrogen and oxygen atoms in total. The normalized spacial score (nSPS) is 13.9. The number of nitrogens with two attached hydrogens (primary N) is 1. The second-order valence-electron chi connectivity index (χ2n) is 15.9. The van der Waals surface area contributed by atoms with Crippen LogP contribution in [0.3, 0.4) is 0 Å². The zero-order chi connectivity index (χ0) is 49.4. The number of allylic oxidation sites excluding steroid dienone is 14. The molecule has 0 fully saturated rings. The molecule has 0 saturated carbocycles. The molecule has 0 bridgehead atoms. The molecule has 3 heterocycles. The molecule has 7 aromatic rings. The van der Waals surface area contributed by atoms with Crippen LogP contribution in [-0.2, 0) is 0 Å². The van der Waals surface area contributed by atoms with Crippen LogP contribution in [0.5, 0.6) is 5.75 Å². The predicted molar refractivity (Wildman–Crippen MR) is 295 cm³/mol. The average Bonchev–Trinajstić information content (AvgIpc) is 3.66. The summed E-state index contributed by atoms with van der Waals surface area (Å²) in [6.45, 7) is 16.5. The van der Waals surface area contributed by atoms with E-state index in [0.29, 0.717) is 12.6 Å². The van der Waals surface area contributed by atoms with Gasteiger partial charge >= 0.3 is 0 Å². The van der Waals surface area contributed by atoms with Gasteiger partial charge < -0.3 is 9.64 Å². The lowest BCUT2D eigenvalue weighted by molar-refractivity contribution is 0.373. The van der Waals surface area contributed by atoms with Crippen molar-refractivity contribution < 1.29 is 9.22 Å². The minimum atomic E-state index is 0.351. The van der Waals surface area contributed by atoms with Gasteiger partial charge in [-0.15, -0.1) is 4.48 Å². The quantitative estimate of drug-likeness (QED) is 0.109. The minimum absolute atomic E-state index is 0.351. The maximum atomic E-state index is 9.00. The number of nitrogens with zero attached hydrogens (tertiary/aromatic N) is 5. The van der Waals surface area contributed by atoms with Gasteiger partial charge in [-0.25, -0.2) is 15.0 Å². The Balaban J connectivity index is 0.00000116. The summed E-state index contributed by atoms with van der Waals surface area (Å²) in [4.78, 5) is 18.2. The molecule has 352 valence electrons. The van der Waals surface area contributed by atoms with E-state index in [4.69, 9.17) is 24.2 Å². The summed E-state index contributed by atoms with van der Waals surface area (Å²) < 4.78 is 17.7. The van der Waals surface area contributed by atoms with Gasteiger partial charge in [0.15, 0.2) is 0 Å². The Morgan fingerprint density at radius 3 is 2.03 bits per heavy atom. The molecule has 2 aliphatic carbocycles. The molecular formula is C62H61FN6O. The first-order valence-electron chi connectivity index (χ1n) is 24.0. The number of hydrogen-bond donors (Lipinski definition) is 1. The zero-order valence-corrected chi connectivity index (χ0v) is 41.0. The van der Waals surface area contributed by atoms with Crippen LogP contribution in [0.15, 0.2) is 229 Å². The third-order valence-corrected chi connectivity index (χ3v) is 11.7. The molecule has 0 saturated heterocycles. The van der Waals surface area contributed by atoms with Crippen molar-refractivity contribution in [1.82, 2.24) is 14.5 Å². The second kappa shape index (κ2) is 24.2. The fourth-order valence-electron chi connectivity index (χ4n) is 8.71. The Labute approximate surface area is 412 Å². The second-order valence-corrected chi connectivity index (χ2v) is 15.9. The van der Waals surface area contributed by atoms with E-state index in [1.54, 1.807) is 6.08 Å². The van der Waals surface area contributed by atoms with E-state index in [-0.39, 0.29) is 0 Å². The van der Waals surface area contributed by atoms with Crippen LogP contribution in [0.2, 0.25) is 0 Å². The monoisotopic (exact) mass is 924 g/mol. The summed E-state index contributed by atoms with van der Waals surface area (Å²) >= 11 is 0. The Kier molecular flexibility index (Phi) is 17.2. The van der Waals surface area contributed by atoms with Crippen molar-refractivity contribution in [1.29, 1.82) is 0 Å². The first-order valence-corrected chi connectivity index (χ1v) is 24.0. The summed E-state index contributed by atoms with van der Waals surface area (Å²) in [5.41, 5.74) is 15.0. The van der Waals surface area contributed by atoms with E-state index in [2.05, 4.69) is 169 Å². The van der Waals surface area contributed by atoms with Gasteiger partial charge in [0.25, 0.3) is 0 Å². The van der Waals surface area contributed by atoms with Crippen molar-refractivity contribution >= 4 is 44.5 Å². The first kappa shape index (κ1) is 49.7. The van der Waals surface area contributed by atoms with Gasteiger partial charge in [0.2, 0.25) is 5.95 Å². The van der Waals surface area contributed by atoms with Crippen molar-refractivity contribution in [2.75, 3.05) is 11.5 Å². The molecule has 8 heteroatoms.